The summed E-state index contributed by atoms with van der Waals surface area (Å²) in [6, 6.07) is 11.3. The molecule has 3 rings (SSSR count). The Kier molecular flexibility index (Phi) is 6.08. The molecule has 0 aliphatic carbocycles. The van der Waals surface area contributed by atoms with Crippen molar-refractivity contribution in [2.75, 3.05) is 10.6 Å². The molecule has 0 spiro atoms. The Hall–Kier alpha value is -2.16. The van der Waals surface area contributed by atoms with Gasteiger partial charge in [0.25, 0.3) is 0 Å². The first-order chi connectivity index (χ1) is 12.5. The molecule has 2 aromatic heterocycles. The number of nitrogens with one attached hydrogen (secondary N) is 2. The average Bonchev–Trinajstić information content (AvgIpc) is 3.03. The fourth-order valence-electron chi connectivity index (χ4n) is 2.04. The quantitative estimate of drug-likeness (QED) is 0.575. The van der Waals surface area contributed by atoms with Crippen LogP contribution < -0.4 is 10.6 Å². The number of carbonyl (C=O) groups is 1. The van der Waals surface area contributed by atoms with Gasteiger partial charge in [-0.05, 0) is 43.7 Å². The Morgan fingerprint density at radius 2 is 2.12 bits per heavy atom. The molecule has 1 amide bonds. The molecule has 0 aliphatic heterocycles. The highest BCUT2D eigenvalue weighted by Crippen LogP contribution is 2.31. The lowest BCUT2D eigenvalue weighted by atomic mass is 10.2. The minimum absolute atomic E-state index is 0.159. The summed E-state index contributed by atoms with van der Waals surface area (Å²) in [7, 11) is 0. The second-order valence-corrected chi connectivity index (χ2v) is 8.48. The Morgan fingerprint density at radius 1 is 1.27 bits per heavy atom. The molecule has 2 heterocycles. The van der Waals surface area contributed by atoms with Crippen LogP contribution in [-0.4, -0.2) is 26.3 Å². The number of rotatable bonds is 6. The molecular weight excluding hydrogens is 390 g/mol. The smallest absolute Gasteiger partial charge is 0.238 e. The van der Waals surface area contributed by atoms with Crippen molar-refractivity contribution in [3.63, 3.8) is 0 Å². The summed E-state index contributed by atoms with van der Waals surface area (Å²) in [6.45, 7) is 3.84. The molecule has 6 nitrogen and oxygen atoms in total. The number of amides is 1. The number of nitrogens with zero attached hydrogens (tertiary/aromatic N) is 3. The van der Waals surface area contributed by atoms with Crippen molar-refractivity contribution in [1.29, 1.82) is 0 Å². The van der Waals surface area contributed by atoms with Gasteiger partial charge in [-0.1, -0.05) is 46.8 Å². The van der Waals surface area contributed by atoms with Gasteiger partial charge in [0.2, 0.25) is 11.0 Å². The highest BCUT2D eigenvalue weighted by atomic mass is 35.5. The third kappa shape index (κ3) is 5.17. The molecule has 0 fully saturated rings. The number of halogens is 1. The van der Waals surface area contributed by atoms with E-state index in [0.29, 0.717) is 20.3 Å². The molecule has 0 unspecified atom stereocenters. The molecule has 0 saturated heterocycles. The molecule has 9 heteroatoms. The third-order valence-corrected chi connectivity index (χ3v) is 5.55. The zero-order chi connectivity index (χ0) is 18.5. The lowest BCUT2D eigenvalue weighted by Crippen LogP contribution is -2.22. The van der Waals surface area contributed by atoms with Crippen LogP contribution in [0.2, 0.25) is 5.02 Å². The van der Waals surface area contributed by atoms with E-state index in [1.807, 2.05) is 38.1 Å². The van der Waals surface area contributed by atoms with E-state index in [0.717, 1.165) is 11.3 Å². The molecule has 0 bridgehead atoms. The van der Waals surface area contributed by atoms with Gasteiger partial charge in [0, 0.05) is 11.9 Å². The highest BCUT2D eigenvalue weighted by molar-refractivity contribution is 8.02. The highest BCUT2D eigenvalue weighted by Gasteiger charge is 2.18. The molecule has 0 aliphatic rings. The minimum Gasteiger partial charge on any atom is -0.330 e. The van der Waals surface area contributed by atoms with Crippen molar-refractivity contribution >= 4 is 57.2 Å². The monoisotopic (exact) mass is 405 g/mol. The third-order valence-electron chi connectivity index (χ3n) is 3.30. The largest absolute Gasteiger partial charge is 0.330 e. The number of benzene rings is 1. The number of hydrogen-bond acceptors (Lipinski definition) is 7. The number of aryl methyl sites for hydroxylation is 1. The van der Waals surface area contributed by atoms with E-state index < -0.39 is 0 Å². The van der Waals surface area contributed by atoms with Crippen molar-refractivity contribution in [3.8, 4) is 0 Å². The van der Waals surface area contributed by atoms with E-state index in [4.69, 9.17) is 11.6 Å². The summed E-state index contributed by atoms with van der Waals surface area (Å²) in [5.41, 5.74) is 2.12. The van der Waals surface area contributed by atoms with Gasteiger partial charge in [0.05, 0.1) is 10.3 Å². The summed E-state index contributed by atoms with van der Waals surface area (Å²) in [5.74, 6) is 0.305. The first-order valence-corrected chi connectivity index (χ1v) is 9.83. The van der Waals surface area contributed by atoms with Crippen LogP contribution >= 0.6 is 34.7 Å². The summed E-state index contributed by atoms with van der Waals surface area (Å²) in [6.07, 6.45) is 1.49. The van der Waals surface area contributed by atoms with Crippen LogP contribution in [0.4, 0.5) is 16.6 Å². The normalized spacial score (nSPS) is 11.8. The van der Waals surface area contributed by atoms with Crippen molar-refractivity contribution < 1.29 is 4.79 Å². The number of aromatic nitrogens is 3. The zero-order valence-electron chi connectivity index (χ0n) is 14.1. The molecule has 26 heavy (non-hydrogen) atoms. The molecule has 0 saturated carbocycles. The Morgan fingerprint density at radius 3 is 2.85 bits per heavy atom. The number of pyridine rings is 1. The standard InChI is InChI=1S/C17H16ClN5OS2/c1-10-4-3-5-13(8-10)20-16-22-23-17(26-16)25-11(2)15(24)21-14-7-6-12(18)9-19-14/h3-9,11H,1-2H3,(H,20,22)(H,19,21,24)/t11-/m1/s1. The van der Waals surface area contributed by atoms with Crippen LogP contribution in [0.1, 0.15) is 12.5 Å². The van der Waals surface area contributed by atoms with Crippen molar-refractivity contribution in [1.82, 2.24) is 15.2 Å². The first-order valence-electron chi connectivity index (χ1n) is 7.76. The summed E-state index contributed by atoms with van der Waals surface area (Å²) >= 11 is 8.54. The summed E-state index contributed by atoms with van der Waals surface area (Å²) in [5, 5.41) is 15.1. The Labute approximate surface area is 164 Å². The van der Waals surface area contributed by atoms with Crippen molar-refractivity contribution in [3.05, 3.63) is 53.2 Å². The molecular formula is C17H16ClN5OS2. The fourth-order valence-corrected chi connectivity index (χ4v) is 4.06. The van der Waals surface area contributed by atoms with Gasteiger partial charge >= 0.3 is 0 Å². The maximum Gasteiger partial charge on any atom is 0.238 e. The van der Waals surface area contributed by atoms with E-state index in [1.165, 1.54) is 29.3 Å². The van der Waals surface area contributed by atoms with Crippen LogP contribution in [0.15, 0.2) is 46.9 Å². The number of hydrogen-bond donors (Lipinski definition) is 2. The van der Waals surface area contributed by atoms with Gasteiger partial charge < -0.3 is 10.6 Å². The van der Waals surface area contributed by atoms with Gasteiger partial charge in [0.1, 0.15) is 5.82 Å². The Balaban J connectivity index is 1.57. The number of thioether (sulfide) groups is 1. The lowest BCUT2D eigenvalue weighted by Gasteiger charge is -2.09. The Bertz CT molecular complexity index is 900. The maximum absolute atomic E-state index is 12.3. The molecule has 1 aromatic carbocycles. The van der Waals surface area contributed by atoms with Crippen molar-refractivity contribution in [2.45, 2.75) is 23.4 Å². The molecule has 3 aromatic rings. The van der Waals surface area contributed by atoms with Crippen LogP contribution in [0.3, 0.4) is 0 Å². The average molecular weight is 406 g/mol. The van der Waals surface area contributed by atoms with E-state index in [1.54, 1.807) is 12.1 Å². The van der Waals surface area contributed by atoms with E-state index >= 15 is 0 Å². The molecule has 0 radical (unpaired) electrons. The van der Waals surface area contributed by atoms with Crippen LogP contribution in [0.5, 0.6) is 0 Å². The number of anilines is 3. The lowest BCUT2D eigenvalue weighted by molar-refractivity contribution is -0.115. The van der Waals surface area contributed by atoms with Gasteiger partial charge in [-0.3, -0.25) is 4.79 Å². The molecule has 134 valence electrons. The zero-order valence-corrected chi connectivity index (χ0v) is 16.5. The fraction of sp³-hybridized carbons (Fsp3) is 0.176. The van der Waals surface area contributed by atoms with E-state index in [-0.39, 0.29) is 11.2 Å². The summed E-state index contributed by atoms with van der Waals surface area (Å²) in [4.78, 5) is 16.3. The summed E-state index contributed by atoms with van der Waals surface area (Å²) < 4.78 is 0.715. The second-order valence-electron chi connectivity index (χ2n) is 5.48. The van der Waals surface area contributed by atoms with E-state index in [2.05, 4.69) is 25.8 Å². The maximum atomic E-state index is 12.3. The van der Waals surface area contributed by atoms with Crippen molar-refractivity contribution in [2.24, 2.45) is 0 Å². The topological polar surface area (TPSA) is 79.8 Å². The second kappa shape index (κ2) is 8.48. The predicted octanol–water partition coefficient (Wildman–Crippen LogP) is 4.76. The first kappa shape index (κ1) is 18.6. The molecule has 1 atom stereocenters. The SMILES string of the molecule is Cc1cccc(Nc2nnc(S[C@H](C)C(=O)Nc3ccc(Cl)cn3)s2)c1. The van der Waals surface area contributed by atoms with Crippen LogP contribution in [0.25, 0.3) is 0 Å². The van der Waals surface area contributed by atoms with Crippen LogP contribution in [0, 0.1) is 6.92 Å². The predicted molar refractivity (Wildman–Crippen MR) is 108 cm³/mol. The van der Waals surface area contributed by atoms with Gasteiger partial charge in [0.15, 0.2) is 4.34 Å². The van der Waals surface area contributed by atoms with E-state index in [9.17, 15) is 4.79 Å². The van der Waals surface area contributed by atoms with Crippen LogP contribution in [-0.2, 0) is 4.79 Å². The van der Waals surface area contributed by atoms with Gasteiger partial charge in [-0.2, -0.15) is 0 Å². The minimum atomic E-state index is -0.341. The van der Waals surface area contributed by atoms with Gasteiger partial charge in [-0.25, -0.2) is 4.98 Å². The van der Waals surface area contributed by atoms with Gasteiger partial charge in [-0.15, -0.1) is 10.2 Å². The number of carbonyl (C=O) groups excluding carboxylic acids is 1. The molecule has 2 N–H and O–H groups in total.